The predicted octanol–water partition coefficient (Wildman–Crippen LogP) is -2.61. The molecule has 0 spiro atoms. The predicted molar refractivity (Wildman–Crippen MR) is 130 cm³/mol. The lowest BCUT2D eigenvalue weighted by Gasteiger charge is -2.33. The van der Waals surface area contributed by atoms with Crippen LogP contribution in [0, 0.1) is 5.82 Å². The van der Waals surface area contributed by atoms with E-state index in [1.807, 2.05) is 16.7 Å². The third-order valence-electron chi connectivity index (χ3n) is 7.39. The highest BCUT2D eigenvalue weighted by molar-refractivity contribution is 5.71. The summed E-state index contributed by atoms with van der Waals surface area (Å²) in [6.07, 6.45) is 0. The Labute approximate surface area is 202 Å². The lowest BCUT2D eigenvalue weighted by atomic mass is 10.2. The minimum Gasteiger partial charge on any atom is -0.370 e. The van der Waals surface area contributed by atoms with Crippen molar-refractivity contribution >= 4 is 16.9 Å². The molecule has 0 amide bonds. The Bertz CT molecular complexity index is 1320. The van der Waals surface area contributed by atoms with E-state index in [0.29, 0.717) is 29.9 Å². The summed E-state index contributed by atoms with van der Waals surface area (Å²) in [4.78, 5) is 35.3. The van der Waals surface area contributed by atoms with Gasteiger partial charge in [-0.3, -0.25) is 13.9 Å². The highest BCUT2D eigenvalue weighted by Crippen LogP contribution is 2.18. The first-order valence-electron chi connectivity index (χ1n) is 12.3. The maximum absolute atomic E-state index is 14.2. The molecule has 4 heterocycles. The van der Waals surface area contributed by atoms with Crippen molar-refractivity contribution in [3.8, 4) is 0 Å². The number of benzene rings is 1. The van der Waals surface area contributed by atoms with Crippen molar-refractivity contribution in [3.05, 3.63) is 56.7 Å². The number of nitrogens with one attached hydrogen (secondary N) is 2. The molecule has 0 radical (unpaired) electrons. The van der Waals surface area contributed by atoms with Gasteiger partial charge in [0.05, 0.1) is 58.2 Å². The first-order chi connectivity index (χ1) is 16.9. The number of piperazine rings is 1. The standard InChI is InChI=1S/C24H32FN7O3/c1-27-22-21(23(33)28(2)24(27)34)32(12-9-29-13-15-35-16-14-29)20(26-22)17-30-7-10-31(11-8-30)19-6-4-3-5-18(19)25/h3-6H,7-17H2,1-2H3/p+2. The van der Waals surface area contributed by atoms with Crippen molar-refractivity contribution in [1.82, 2.24) is 18.7 Å². The van der Waals surface area contributed by atoms with Gasteiger partial charge < -0.3 is 24.0 Å². The highest BCUT2D eigenvalue weighted by Gasteiger charge is 2.27. The maximum atomic E-state index is 14.2. The van der Waals surface area contributed by atoms with Gasteiger partial charge in [0.1, 0.15) is 25.5 Å². The number of morpholine rings is 1. The number of hydrogen-bond donors (Lipinski definition) is 2. The number of nitrogens with zero attached hydrogens (tertiary/aromatic N) is 5. The summed E-state index contributed by atoms with van der Waals surface area (Å²) in [5, 5.41) is 0. The Hall–Kier alpha value is -3.02. The molecule has 0 unspecified atom stereocenters. The van der Waals surface area contributed by atoms with Crippen LogP contribution in [0.25, 0.3) is 11.2 Å². The summed E-state index contributed by atoms with van der Waals surface area (Å²) in [5.41, 5.74) is 0.892. The second kappa shape index (κ2) is 9.92. The molecular weight excluding hydrogens is 453 g/mol. The van der Waals surface area contributed by atoms with Gasteiger partial charge in [-0.25, -0.2) is 14.2 Å². The van der Waals surface area contributed by atoms with Crippen LogP contribution < -0.4 is 25.9 Å². The van der Waals surface area contributed by atoms with Crippen LogP contribution >= 0.6 is 0 Å². The van der Waals surface area contributed by atoms with E-state index in [1.54, 1.807) is 13.1 Å². The number of ether oxygens (including phenoxy) is 1. The molecule has 0 saturated carbocycles. The molecule has 2 aliphatic rings. The summed E-state index contributed by atoms with van der Waals surface area (Å²) < 4.78 is 24.4. The molecule has 10 nitrogen and oxygen atoms in total. The van der Waals surface area contributed by atoms with Crippen molar-refractivity contribution in [2.24, 2.45) is 14.1 Å². The molecule has 0 aliphatic carbocycles. The van der Waals surface area contributed by atoms with Crippen LogP contribution in [0.5, 0.6) is 0 Å². The second-order valence-electron chi connectivity index (χ2n) is 9.54. The number of para-hydroxylation sites is 1. The Morgan fingerprint density at radius 1 is 1.00 bits per heavy atom. The van der Waals surface area contributed by atoms with Crippen LogP contribution in [-0.2, 0) is 31.9 Å². The number of halogens is 1. The van der Waals surface area contributed by atoms with Gasteiger partial charge in [0.15, 0.2) is 17.0 Å². The molecule has 5 rings (SSSR count). The number of quaternary nitrogens is 2. The number of aromatic nitrogens is 4. The van der Waals surface area contributed by atoms with Crippen molar-refractivity contribution in [3.63, 3.8) is 0 Å². The van der Waals surface area contributed by atoms with E-state index >= 15 is 0 Å². The van der Waals surface area contributed by atoms with Gasteiger partial charge in [0.2, 0.25) is 0 Å². The molecule has 2 aliphatic heterocycles. The van der Waals surface area contributed by atoms with E-state index < -0.39 is 0 Å². The van der Waals surface area contributed by atoms with E-state index in [0.717, 1.165) is 69.4 Å². The number of aryl methyl sites for hydroxylation is 1. The van der Waals surface area contributed by atoms with Crippen molar-refractivity contribution in [1.29, 1.82) is 0 Å². The van der Waals surface area contributed by atoms with E-state index in [4.69, 9.17) is 9.72 Å². The monoisotopic (exact) mass is 487 g/mol. The number of fused-ring (bicyclic) bond motifs is 1. The number of hydrogen-bond acceptors (Lipinski definition) is 5. The Morgan fingerprint density at radius 2 is 1.71 bits per heavy atom. The Balaban J connectivity index is 1.40. The van der Waals surface area contributed by atoms with Crippen molar-refractivity contribution in [2.45, 2.75) is 13.1 Å². The molecule has 1 aromatic carbocycles. The second-order valence-corrected chi connectivity index (χ2v) is 9.54. The molecular formula is C24H34FN7O3+2. The topological polar surface area (TPSA) is 83.2 Å². The van der Waals surface area contributed by atoms with Gasteiger partial charge in [-0.05, 0) is 12.1 Å². The fraction of sp³-hybridized carbons (Fsp3) is 0.542. The van der Waals surface area contributed by atoms with Crippen LogP contribution in [0.15, 0.2) is 33.9 Å². The molecule has 188 valence electrons. The van der Waals surface area contributed by atoms with E-state index in [9.17, 15) is 14.0 Å². The average Bonchev–Trinajstić information content (AvgIpc) is 3.24. The zero-order valence-corrected chi connectivity index (χ0v) is 20.4. The smallest absolute Gasteiger partial charge is 0.332 e. The highest BCUT2D eigenvalue weighted by atomic mass is 19.1. The van der Waals surface area contributed by atoms with Crippen LogP contribution in [0.3, 0.4) is 0 Å². The quantitative estimate of drug-likeness (QED) is 0.398. The van der Waals surface area contributed by atoms with Gasteiger partial charge >= 0.3 is 5.69 Å². The molecule has 2 saturated heterocycles. The number of imidazole rings is 1. The normalized spacial score (nSPS) is 18.0. The third kappa shape index (κ3) is 4.63. The summed E-state index contributed by atoms with van der Waals surface area (Å²) in [5.74, 6) is 0.625. The van der Waals surface area contributed by atoms with E-state index in [2.05, 4.69) is 4.90 Å². The average molecular weight is 488 g/mol. The minimum absolute atomic E-state index is 0.194. The SMILES string of the molecule is Cn1c(=O)c2c(nc(C[NH+]3CCN(c4ccccc4F)CC3)n2CC[NH+]2CCOCC2)n(C)c1=O. The summed E-state index contributed by atoms with van der Waals surface area (Å²) in [7, 11) is 3.18. The zero-order valence-electron chi connectivity index (χ0n) is 20.4. The fourth-order valence-electron chi connectivity index (χ4n) is 5.22. The zero-order chi connectivity index (χ0) is 24.5. The van der Waals surface area contributed by atoms with Crippen molar-refractivity contribution < 1.29 is 18.9 Å². The molecule has 2 aromatic heterocycles. The van der Waals surface area contributed by atoms with Gasteiger partial charge in [-0.1, -0.05) is 12.1 Å². The lowest BCUT2D eigenvalue weighted by molar-refractivity contribution is -0.915. The maximum Gasteiger partial charge on any atom is 0.332 e. The van der Waals surface area contributed by atoms with Crippen LogP contribution in [0.1, 0.15) is 5.82 Å². The Morgan fingerprint density at radius 3 is 2.43 bits per heavy atom. The van der Waals surface area contributed by atoms with Crippen LogP contribution in [0.2, 0.25) is 0 Å². The van der Waals surface area contributed by atoms with Crippen LogP contribution in [-0.4, -0.2) is 77.7 Å². The van der Waals surface area contributed by atoms with Gasteiger partial charge in [-0.2, -0.15) is 0 Å². The summed E-state index contributed by atoms with van der Waals surface area (Å²) >= 11 is 0. The van der Waals surface area contributed by atoms with E-state index in [-0.39, 0.29) is 17.1 Å². The van der Waals surface area contributed by atoms with Gasteiger partial charge in [0.25, 0.3) is 5.56 Å². The molecule has 2 N–H and O–H groups in total. The third-order valence-corrected chi connectivity index (χ3v) is 7.39. The number of rotatable bonds is 6. The van der Waals surface area contributed by atoms with Crippen LogP contribution in [0.4, 0.5) is 10.1 Å². The molecule has 11 heteroatoms. The van der Waals surface area contributed by atoms with Crippen molar-refractivity contribution in [2.75, 3.05) is 63.9 Å². The minimum atomic E-state index is -0.372. The van der Waals surface area contributed by atoms with E-state index in [1.165, 1.54) is 27.5 Å². The summed E-state index contributed by atoms with van der Waals surface area (Å²) in [6.45, 7) is 8.72. The summed E-state index contributed by atoms with van der Waals surface area (Å²) in [6, 6.07) is 6.89. The fourth-order valence-corrected chi connectivity index (χ4v) is 5.22. The van der Waals surface area contributed by atoms with Gasteiger partial charge in [0, 0.05) is 14.1 Å². The molecule has 35 heavy (non-hydrogen) atoms. The molecule has 0 bridgehead atoms. The lowest BCUT2D eigenvalue weighted by Crippen LogP contribution is -3.14. The molecule has 2 fully saturated rings. The Kier molecular flexibility index (Phi) is 6.72. The first kappa shape index (κ1) is 23.7. The largest absolute Gasteiger partial charge is 0.370 e. The first-order valence-corrected chi connectivity index (χ1v) is 12.3. The number of anilines is 1. The van der Waals surface area contributed by atoms with Gasteiger partial charge in [-0.15, -0.1) is 0 Å². The molecule has 3 aromatic rings. The molecule has 0 atom stereocenters.